The fraction of sp³-hybridized carbons (Fsp3) is 0.667. The Labute approximate surface area is 184 Å². The van der Waals surface area contributed by atoms with E-state index in [1.54, 1.807) is 6.92 Å². The van der Waals surface area contributed by atoms with Gasteiger partial charge in [-0.1, -0.05) is 19.3 Å². The van der Waals surface area contributed by atoms with Gasteiger partial charge in [0.1, 0.15) is 17.5 Å². The molecule has 2 atom stereocenters. The molecule has 2 amide bonds. The average Bonchev–Trinajstić information content (AvgIpc) is 2.78. The van der Waals surface area contributed by atoms with Crippen LogP contribution in [0.1, 0.15) is 67.7 Å². The molecule has 0 radical (unpaired) electrons. The zero-order valence-electron chi connectivity index (χ0n) is 19.1. The molecule has 1 aromatic carbocycles. The van der Waals surface area contributed by atoms with E-state index in [0.717, 1.165) is 35.1 Å². The van der Waals surface area contributed by atoms with E-state index in [4.69, 9.17) is 4.74 Å². The van der Waals surface area contributed by atoms with Gasteiger partial charge in [-0.25, -0.2) is 0 Å². The van der Waals surface area contributed by atoms with E-state index < -0.39 is 24.2 Å². The molecule has 1 aliphatic heterocycles. The summed E-state index contributed by atoms with van der Waals surface area (Å²) < 4.78 is 6.17. The molecule has 31 heavy (non-hydrogen) atoms. The van der Waals surface area contributed by atoms with Crippen molar-refractivity contribution in [3.63, 3.8) is 0 Å². The van der Waals surface area contributed by atoms with Gasteiger partial charge >= 0.3 is 0 Å². The van der Waals surface area contributed by atoms with Gasteiger partial charge in [0.05, 0.1) is 6.61 Å². The minimum absolute atomic E-state index is 0.267. The Morgan fingerprint density at radius 1 is 1.13 bits per heavy atom. The van der Waals surface area contributed by atoms with Crippen molar-refractivity contribution < 1.29 is 24.5 Å². The third kappa shape index (κ3) is 4.81. The fourth-order valence-corrected chi connectivity index (χ4v) is 4.67. The predicted molar refractivity (Wildman–Crippen MR) is 118 cm³/mol. The van der Waals surface area contributed by atoms with Crippen molar-refractivity contribution in [2.75, 3.05) is 13.2 Å². The zero-order chi connectivity index (χ0) is 22.8. The van der Waals surface area contributed by atoms with Crippen LogP contribution < -0.4 is 15.4 Å². The van der Waals surface area contributed by atoms with E-state index in [9.17, 15) is 19.8 Å². The first kappa shape index (κ1) is 23.4. The Hall–Kier alpha value is -2.28. The maximum absolute atomic E-state index is 13.1. The molecule has 1 saturated carbocycles. The molecule has 0 spiro atoms. The van der Waals surface area contributed by atoms with Crippen molar-refractivity contribution in [1.29, 1.82) is 0 Å². The number of phenols is 1. The van der Waals surface area contributed by atoms with Gasteiger partial charge in [-0.3, -0.25) is 9.59 Å². The number of ether oxygens (including phenoxy) is 1. The molecule has 0 bridgehead atoms. The molecule has 172 valence electrons. The second kappa shape index (κ2) is 9.47. The normalized spacial score (nSPS) is 22.2. The number of benzene rings is 1. The number of hydrogen-bond acceptors (Lipinski definition) is 5. The number of carbonyl (C=O) groups is 2. The third-order valence-electron chi connectivity index (χ3n) is 7.09. The van der Waals surface area contributed by atoms with E-state index in [2.05, 4.69) is 10.6 Å². The van der Waals surface area contributed by atoms with Gasteiger partial charge in [0.25, 0.3) is 5.91 Å². The number of nitrogens with one attached hydrogen (secondary N) is 2. The van der Waals surface area contributed by atoms with E-state index in [1.807, 2.05) is 20.8 Å². The van der Waals surface area contributed by atoms with Crippen molar-refractivity contribution in [3.8, 4) is 11.5 Å². The number of aliphatic hydroxyl groups is 1. The second-order valence-electron chi connectivity index (χ2n) is 9.32. The summed E-state index contributed by atoms with van der Waals surface area (Å²) in [6.07, 6.45) is 6.83. The molecular weight excluding hydrogens is 396 g/mol. The number of hydrogen-bond donors (Lipinski definition) is 4. The van der Waals surface area contributed by atoms with Crippen molar-refractivity contribution in [1.82, 2.24) is 10.6 Å². The number of amides is 2. The standard InChI is InChI=1S/C24H36N2O5/c1-14-15(2)21-18(16(3)20(14)28)10-11-24(4,31-21)23(30)26-19(13-27)22(29)25-12-17-8-6-5-7-9-17/h17,19,27-28H,5-13H2,1-4H3,(H,25,29)(H,26,30)/t19-,24?/m0/s1. The topological polar surface area (TPSA) is 108 Å². The number of carbonyl (C=O) groups excluding carboxylic acids is 2. The van der Waals surface area contributed by atoms with Crippen LogP contribution in [0.5, 0.6) is 11.5 Å². The van der Waals surface area contributed by atoms with Crippen LogP contribution in [0.4, 0.5) is 0 Å². The van der Waals surface area contributed by atoms with Crippen LogP contribution in [-0.4, -0.2) is 46.8 Å². The lowest BCUT2D eigenvalue weighted by Gasteiger charge is -2.37. The Balaban J connectivity index is 1.67. The summed E-state index contributed by atoms with van der Waals surface area (Å²) in [5, 5.41) is 25.6. The summed E-state index contributed by atoms with van der Waals surface area (Å²) >= 11 is 0. The van der Waals surface area contributed by atoms with Gasteiger partial charge in [0.2, 0.25) is 5.91 Å². The van der Waals surface area contributed by atoms with Crippen LogP contribution in [-0.2, 0) is 16.0 Å². The molecule has 3 rings (SSSR count). The van der Waals surface area contributed by atoms with Gasteiger partial charge < -0.3 is 25.6 Å². The number of aromatic hydroxyl groups is 1. The molecule has 1 unspecified atom stereocenters. The largest absolute Gasteiger partial charge is 0.507 e. The quantitative estimate of drug-likeness (QED) is 0.553. The Bertz CT molecular complexity index is 847. The lowest BCUT2D eigenvalue weighted by atomic mass is 9.86. The first-order valence-corrected chi connectivity index (χ1v) is 11.4. The van der Waals surface area contributed by atoms with Crippen LogP contribution in [0.15, 0.2) is 0 Å². The Kier molecular flexibility index (Phi) is 7.14. The molecule has 1 aromatic rings. The van der Waals surface area contributed by atoms with Crippen LogP contribution in [0.2, 0.25) is 0 Å². The smallest absolute Gasteiger partial charge is 0.264 e. The van der Waals surface area contributed by atoms with Crippen LogP contribution >= 0.6 is 0 Å². The number of rotatable bonds is 6. The summed E-state index contributed by atoms with van der Waals surface area (Å²) in [5.41, 5.74) is 2.06. The minimum atomic E-state index is -1.16. The zero-order valence-corrected chi connectivity index (χ0v) is 19.1. The summed E-state index contributed by atoms with van der Waals surface area (Å²) in [4.78, 5) is 25.6. The summed E-state index contributed by atoms with van der Waals surface area (Å²) in [5.74, 6) is 0.568. The highest BCUT2D eigenvalue weighted by molar-refractivity contribution is 5.92. The highest BCUT2D eigenvalue weighted by Gasteiger charge is 2.42. The molecule has 7 nitrogen and oxygen atoms in total. The molecular formula is C24H36N2O5. The molecule has 0 aromatic heterocycles. The van der Waals surface area contributed by atoms with Gasteiger partial charge in [0, 0.05) is 18.5 Å². The second-order valence-corrected chi connectivity index (χ2v) is 9.32. The lowest BCUT2D eigenvalue weighted by Crippen LogP contribution is -2.58. The first-order chi connectivity index (χ1) is 14.7. The number of fused-ring (bicyclic) bond motifs is 1. The Morgan fingerprint density at radius 2 is 1.81 bits per heavy atom. The molecule has 1 fully saturated rings. The van der Waals surface area contributed by atoms with Crippen molar-refractivity contribution in [2.45, 2.75) is 84.3 Å². The average molecular weight is 433 g/mol. The monoisotopic (exact) mass is 432 g/mol. The lowest BCUT2D eigenvalue weighted by molar-refractivity contribution is -0.140. The van der Waals surface area contributed by atoms with Gasteiger partial charge in [-0.2, -0.15) is 0 Å². The van der Waals surface area contributed by atoms with Crippen LogP contribution in [0, 0.1) is 26.7 Å². The molecule has 1 heterocycles. The van der Waals surface area contributed by atoms with Crippen LogP contribution in [0.3, 0.4) is 0 Å². The van der Waals surface area contributed by atoms with Gasteiger partial charge in [0.15, 0.2) is 5.60 Å². The summed E-state index contributed by atoms with van der Waals surface area (Å²) in [6.45, 7) is 7.35. The fourth-order valence-electron chi connectivity index (χ4n) is 4.67. The highest BCUT2D eigenvalue weighted by Crippen LogP contribution is 2.43. The van der Waals surface area contributed by atoms with Gasteiger partial charge in [-0.15, -0.1) is 0 Å². The molecule has 2 aliphatic rings. The third-order valence-corrected chi connectivity index (χ3v) is 7.09. The van der Waals surface area contributed by atoms with Crippen molar-refractivity contribution in [2.24, 2.45) is 5.92 Å². The molecule has 0 saturated heterocycles. The van der Waals surface area contributed by atoms with E-state index in [-0.39, 0.29) is 11.7 Å². The van der Waals surface area contributed by atoms with Crippen molar-refractivity contribution >= 4 is 11.8 Å². The van der Waals surface area contributed by atoms with Crippen LogP contribution in [0.25, 0.3) is 0 Å². The predicted octanol–water partition coefficient (Wildman–Crippen LogP) is 2.57. The SMILES string of the molecule is Cc1c(C)c2c(c(C)c1O)CCC(C)(C(=O)N[C@@H](CO)C(=O)NCC1CCCCC1)O2. The minimum Gasteiger partial charge on any atom is -0.507 e. The maximum atomic E-state index is 13.1. The maximum Gasteiger partial charge on any atom is 0.264 e. The molecule has 1 aliphatic carbocycles. The Morgan fingerprint density at radius 3 is 2.45 bits per heavy atom. The summed E-state index contributed by atoms with van der Waals surface area (Å²) in [7, 11) is 0. The molecule has 4 N–H and O–H groups in total. The highest BCUT2D eigenvalue weighted by atomic mass is 16.5. The molecule has 7 heteroatoms. The van der Waals surface area contributed by atoms with E-state index in [0.29, 0.717) is 31.1 Å². The summed E-state index contributed by atoms with van der Waals surface area (Å²) in [6, 6.07) is -1.01. The first-order valence-electron chi connectivity index (χ1n) is 11.4. The van der Waals surface area contributed by atoms with E-state index in [1.165, 1.54) is 19.3 Å². The number of aliphatic hydroxyl groups excluding tert-OH is 1. The number of phenolic OH excluding ortho intramolecular Hbond substituents is 1. The van der Waals surface area contributed by atoms with Crippen molar-refractivity contribution in [3.05, 3.63) is 22.3 Å². The van der Waals surface area contributed by atoms with E-state index >= 15 is 0 Å². The van der Waals surface area contributed by atoms with Gasteiger partial charge in [-0.05, 0) is 69.6 Å².